The molecule has 1 rings (SSSR count). The zero-order valence-electron chi connectivity index (χ0n) is 11.0. The first-order valence-electron chi connectivity index (χ1n) is 6.20. The third-order valence-electron chi connectivity index (χ3n) is 2.97. The Bertz CT molecular complexity index is 373. The van der Waals surface area contributed by atoms with E-state index in [9.17, 15) is 0 Å². The average molecular weight is 233 g/mol. The summed E-state index contributed by atoms with van der Waals surface area (Å²) >= 11 is 0. The fourth-order valence-corrected chi connectivity index (χ4v) is 2.18. The molecule has 0 aromatic heterocycles. The standard InChI is InChI=1S/C14H23N3/c1-4-7-11(2)10-17(3)13-9-6-5-8-12(13)14(15)16/h5-6,8-9,11H,4,7,10H2,1-3H3,(H3,15,16). The van der Waals surface area contributed by atoms with Gasteiger partial charge >= 0.3 is 0 Å². The molecule has 1 aromatic carbocycles. The maximum Gasteiger partial charge on any atom is 0.124 e. The van der Waals surface area contributed by atoms with E-state index in [1.807, 2.05) is 24.3 Å². The molecule has 0 radical (unpaired) electrons. The van der Waals surface area contributed by atoms with E-state index in [2.05, 4.69) is 25.8 Å². The van der Waals surface area contributed by atoms with E-state index in [-0.39, 0.29) is 5.84 Å². The van der Waals surface area contributed by atoms with Crippen molar-refractivity contribution in [2.24, 2.45) is 11.7 Å². The van der Waals surface area contributed by atoms with Gasteiger partial charge in [0, 0.05) is 24.8 Å². The second-order valence-corrected chi connectivity index (χ2v) is 4.71. The van der Waals surface area contributed by atoms with Crippen LogP contribution in [0.15, 0.2) is 24.3 Å². The third-order valence-corrected chi connectivity index (χ3v) is 2.97. The van der Waals surface area contributed by atoms with Crippen molar-refractivity contribution < 1.29 is 0 Å². The molecular weight excluding hydrogens is 210 g/mol. The highest BCUT2D eigenvalue weighted by Gasteiger charge is 2.11. The molecule has 0 aliphatic heterocycles. The molecule has 0 saturated heterocycles. The van der Waals surface area contributed by atoms with Gasteiger partial charge in [-0.15, -0.1) is 0 Å². The summed E-state index contributed by atoms with van der Waals surface area (Å²) in [7, 11) is 2.06. The van der Waals surface area contributed by atoms with E-state index >= 15 is 0 Å². The largest absolute Gasteiger partial charge is 0.384 e. The molecule has 1 atom stereocenters. The summed E-state index contributed by atoms with van der Waals surface area (Å²) in [5, 5.41) is 7.58. The van der Waals surface area contributed by atoms with Crippen LogP contribution in [0.1, 0.15) is 32.3 Å². The predicted molar refractivity (Wildman–Crippen MR) is 74.8 cm³/mol. The Morgan fingerprint density at radius 1 is 1.41 bits per heavy atom. The normalized spacial score (nSPS) is 12.2. The number of rotatable bonds is 6. The molecule has 0 amide bonds. The highest BCUT2D eigenvalue weighted by atomic mass is 15.1. The van der Waals surface area contributed by atoms with Gasteiger partial charge < -0.3 is 10.6 Å². The smallest absolute Gasteiger partial charge is 0.124 e. The summed E-state index contributed by atoms with van der Waals surface area (Å²) in [4.78, 5) is 2.19. The van der Waals surface area contributed by atoms with Gasteiger partial charge in [-0.1, -0.05) is 32.4 Å². The Hall–Kier alpha value is -1.51. The number of hydrogen-bond acceptors (Lipinski definition) is 2. The molecular formula is C14H23N3. The van der Waals surface area contributed by atoms with E-state index in [0.717, 1.165) is 17.8 Å². The van der Waals surface area contributed by atoms with Gasteiger partial charge in [0.25, 0.3) is 0 Å². The summed E-state index contributed by atoms with van der Waals surface area (Å²) in [5.74, 6) is 0.792. The number of amidine groups is 1. The molecule has 0 saturated carbocycles. The van der Waals surface area contributed by atoms with Crippen molar-refractivity contribution >= 4 is 11.5 Å². The molecule has 3 nitrogen and oxygen atoms in total. The second kappa shape index (κ2) is 6.28. The lowest BCUT2D eigenvalue weighted by atomic mass is 10.0. The maximum atomic E-state index is 7.58. The third kappa shape index (κ3) is 3.77. The SMILES string of the molecule is CCCC(C)CN(C)c1ccccc1C(=N)N. The molecule has 1 unspecified atom stereocenters. The van der Waals surface area contributed by atoms with Crippen LogP contribution in [0.4, 0.5) is 5.69 Å². The lowest BCUT2D eigenvalue weighted by Gasteiger charge is -2.25. The van der Waals surface area contributed by atoms with Gasteiger partial charge in [-0.2, -0.15) is 0 Å². The minimum absolute atomic E-state index is 0.135. The van der Waals surface area contributed by atoms with Crippen molar-refractivity contribution in [2.45, 2.75) is 26.7 Å². The maximum absolute atomic E-state index is 7.58. The highest BCUT2D eigenvalue weighted by Crippen LogP contribution is 2.20. The average Bonchev–Trinajstić information content (AvgIpc) is 2.29. The Balaban J connectivity index is 2.81. The van der Waals surface area contributed by atoms with Gasteiger partial charge in [-0.05, 0) is 24.5 Å². The molecule has 17 heavy (non-hydrogen) atoms. The van der Waals surface area contributed by atoms with Crippen LogP contribution in [0.2, 0.25) is 0 Å². The summed E-state index contributed by atoms with van der Waals surface area (Å²) in [5.41, 5.74) is 7.46. The van der Waals surface area contributed by atoms with Crippen LogP contribution in [0.25, 0.3) is 0 Å². The molecule has 0 fully saturated rings. The number of nitrogens with one attached hydrogen (secondary N) is 1. The zero-order valence-corrected chi connectivity index (χ0v) is 11.0. The van der Waals surface area contributed by atoms with Gasteiger partial charge in [0.05, 0.1) is 0 Å². The lowest BCUT2D eigenvalue weighted by Crippen LogP contribution is -2.26. The van der Waals surface area contributed by atoms with Crippen LogP contribution >= 0.6 is 0 Å². The first-order chi connectivity index (χ1) is 8.06. The fraction of sp³-hybridized carbons (Fsp3) is 0.500. The van der Waals surface area contributed by atoms with Crippen molar-refractivity contribution in [2.75, 3.05) is 18.5 Å². The van der Waals surface area contributed by atoms with Crippen molar-refractivity contribution in [3.63, 3.8) is 0 Å². The number of anilines is 1. The Morgan fingerprint density at radius 2 is 2.06 bits per heavy atom. The van der Waals surface area contributed by atoms with Crippen molar-refractivity contribution in [3.05, 3.63) is 29.8 Å². The van der Waals surface area contributed by atoms with Gasteiger partial charge in [0.15, 0.2) is 0 Å². The molecule has 94 valence electrons. The van der Waals surface area contributed by atoms with Crippen molar-refractivity contribution in [1.29, 1.82) is 5.41 Å². The summed E-state index contributed by atoms with van der Waals surface area (Å²) < 4.78 is 0. The van der Waals surface area contributed by atoms with Gasteiger partial charge in [0.2, 0.25) is 0 Å². The number of nitrogens with two attached hydrogens (primary N) is 1. The van der Waals surface area contributed by atoms with E-state index in [1.54, 1.807) is 0 Å². The lowest BCUT2D eigenvalue weighted by molar-refractivity contribution is 0.524. The van der Waals surface area contributed by atoms with Gasteiger partial charge in [0.1, 0.15) is 5.84 Å². The first-order valence-corrected chi connectivity index (χ1v) is 6.20. The molecule has 1 aromatic rings. The first kappa shape index (κ1) is 13.6. The molecule has 0 aliphatic carbocycles. The van der Waals surface area contributed by atoms with Crippen LogP contribution in [0.3, 0.4) is 0 Å². The highest BCUT2D eigenvalue weighted by molar-refractivity contribution is 6.00. The van der Waals surface area contributed by atoms with Gasteiger partial charge in [-0.25, -0.2) is 0 Å². The number of benzene rings is 1. The molecule has 3 heteroatoms. The van der Waals surface area contributed by atoms with E-state index in [0.29, 0.717) is 5.92 Å². The molecule has 0 bridgehead atoms. The number of para-hydroxylation sites is 1. The van der Waals surface area contributed by atoms with E-state index < -0.39 is 0 Å². The van der Waals surface area contributed by atoms with E-state index in [4.69, 9.17) is 11.1 Å². The minimum Gasteiger partial charge on any atom is -0.384 e. The van der Waals surface area contributed by atoms with Crippen LogP contribution in [-0.2, 0) is 0 Å². The minimum atomic E-state index is 0.135. The molecule has 0 aliphatic rings. The number of hydrogen-bond donors (Lipinski definition) is 2. The number of nitrogen functional groups attached to an aromatic ring is 1. The van der Waals surface area contributed by atoms with Gasteiger partial charge in [-0.3, -0.25) is 5.41 Å². The summed E-state index contributed by atoms with van der Waals surface area (Å²) in [6.45, 7) is 5.47. The number of nitrogens with zero attached hydrogens (tertiary/aromatic N) is 1. The predicted octanol–water partition coefficient (Wildman–Crippen LogP) is 2.84. The zero-order chi connectivity index (χ0) is 12.8. The Kier molecular flexibility index (Phi) is 5.01. The summed E-state index contributed by atoms with van der Waals surface area (Å²) in [6, 6.07) is 7.83. The second-order valence-electron chi connectivity index (χ2n) is 4.71. The van der Waals surface area contributed by atoms with Crippen LogP contribution < -0.4 is 10.6 Å². The summed E-state index contributed by atoms with van der Waals surface area (Å²) in [6.07, 6.45) is 2.44. The Morgan fingerprint density at radius 3 is 2.65 bits per heavy atom. The van der Waals surface area contributed by atoms with Crippen LogP contribution in [0.5, 0.6) is 0 Å². The molecule has 0 spiro atoms. The van der Waals surface area contributed by atoms with E-state index in [1.165, 1.54) is 12.8 Å². The monoisotopic (exact) mass is 233 g/mol. The van der Waals surface area contributed by atoms with Crippen molar-refractivity contribution in [3.8, 4) is 0 Å². The Labute approximate surface area is 104 Å². The quantitative estimate of drug-likeness (QED) is 0.586. The topological polar surface area (TPSA) is 53.1 Å². The fourth-order valence-electron chi connectivity index (χ4n) is 2.18. The van der Waals surface area contributed by atoms with Crippen LogP contribution in [0, 0.1) is 11.3 Å². The van der Waals surface area contributed by atoms with Crippen molar-refractivity contribution in [1.82, 2.24) is 0 Å². The van der Waals surface area contributed by atoms with Crippen LogP contribution in [-0.4, -0.2) is 19.4 Å². The molecule has 0 heterocycles. The molecule has 3 N–H and O–H groups in total.